The largest absolute Gasteiger partial charge is 0.481 e. The summed E-state index contributed by atoms with van der Waals surface area (Å²) in [6.45, 7) is 0. The quantitative estimate of drug-likeness (QED) is 0.320. The zero-order valence-corrected chi connectivity index (χ0v) is 19.0. The molecule has 10 heteroatoms. The van der Waals surface area contributed by atoms with Gasteiger partial charge in [0.1, 0.15) is 11.6 Å². The van der Waals surface area contributed by atoms with Crippen LogP contribution in [0.5, 0.6) is 0 Å². The van der Waals surface area contributed by atoms with E-state index in [4.69, 9.17) is 14.6 Å². The van der Waals surface area contributed by atoms with Gasteiger partial charge >= 0.3 is 5.97 Å². The Labute approximate surface area is 203 Å². The van der Waals surface area contributed by atoms with Gasteiger partial charge in [-0.3, -0.25) is 19.1 Å². The van der Waals surface area contributed by atoms with Crippen molar-refractivity contribution in [2.24, 2.45) is 0 Å². The van der Waals surface area contributed by atoms with Crippen molar-refractivity contribution in [3.8, 4) is 28.5 Å². The van der Waals surface area contributed by atoms with Crippen LogP contribution >= 0.6 is 0 Å². The Morgan fingerprint density at radius 3 is 2.50 bits per heavy atom. The van der Waals surface area contributed by atoms with Gasteiger partial charge in [0.25, 0.3) is 11.4 Å². The number of pyridine rings is 1. The molecule has 3 aromatic heterocycles. The molecule has 0 radical (unpaired) electrons. The Morgan fingerprint density at radius 2 is 1.75 bits per heavy atom. The van der Waals surface area contributed by atoms with Crippen molar-refractivity contribution in [1.82, 2.24) is 24.7 Å². The fraction of sp³-hybridized carbons (Fsp3) is 0.154. The number of carbonyl (C=O) groups is 1. The molecule has 0 unspecified atom stereocenters. The average molecular weight is 485 g/mol. The molecule has 36 heavy (non-hydrogen) atoms. The van der Waals surface area contributed by atoms with Crippen molar-refractivity contribution in [2.75, 3.05) is 0 Å². The maximum Gasteiger partial charge on any atom is 0.303 e. The minimum absolute atomic E-state index is 0.0240. The van der Waals surface area contributed by atoms with Gasteiger partial charge in [-0.05, 0) is 61.4 Å². The summed E-state index contributed by atoms with van der Waals surface area (Å²) >= 11 is 0. The molecule has 0 atom stereocenters. The molecule has 0 amide bonds. The first-order valence-corrected chi connectivity index (χ1v) is 11.3. The summed E-state index contributed by atoms with van der Waals surface area (Å²) in [4.78, 5) is 37.5. The van der Waals surface area contributed by atoms with Gasteiger partial charge in [0.05, 0.1) is 16.6 Å². The molecule has 0 fully saturated rings. The lowest BCUT2D eigenvalue weighted by Gasteiger charge is -2.14. The van der Waals surface area contributed by atoms with E-state index in [2.05, 4.69) is 15.1 Å². The van der Waals surface area contributed by atoms with Crippen LogP contribution in [0.4, 0.5) is 4.39 Å². The highest BCUT2D eigenvalue weighted by molar-refractivity contribution is 5.83. The standard InChI is InChI=1S/C26H20FN5O4/c27-18-6-8-19(9-7-18)32-22(3-1-2-4-23(33)34)29-21-15-17(5-10-20(21)26(32)35)24-30-25(36-31-24)16-11-13-28-14-12-16/h5-15H,1-4H2,(H,33,34). The highest BCUT2D eigenvalue weighted by atomic mass is 19.1. The summed E-state index contributed by atoms with van der Waals surface area (Å²) in [5, 5.41) is 13.4. The molecule has 0 aliphatic carbocycles. The Balaban J connectivity index is 1.56. The van der Waals surface area contributed by atoms with Crippen LogP contribution in [0.3, 0.4) is 0 Å². The highest BCUT2D eigenvalue weighted by Crippen LogP contribution is 2.24. The second-order valence-corrected chi connectivity index (χ2v) is 8.14. The van der Waals surface area contributed by atoms with E-state index in [-0.39, 0.29) is 12.0 Å². The molecular weight excluding hydrogens is 465 g/mol. The molecule has 180 valence electrons. The zero-order valence-electron chi connectivity index (χ0n) is 19.0. The van der Waals surface area contributed by atoms with Gasteiger partial charge in [0.15, 0.2) is 0 Å². The summed E-state index contributed by atoms with van der Waals surface area (Å²) in [6.07, 6.45) is 4.61. The molecule has 1 N–H and O–H groups in total. The van der Waals surface area contributed by atoms with Crippen LogP contribution < -0.4 is 5.56 Å². The number of halogens is 1. The SMILES string of the molecule is O=C(O)CCCCc1nc2cc(-c3noc(-c4ccncc4)n3)ccc2c(=O)n1-c1ccc(F)cc1. The van der Waals surface area contributed by atoms with Gasteiger partial charge < -0.3 is 9.63 Å². The topological polar surface area (TPSA) is 124 Å². The number of carboxylic acid groups (broad SMARTS) is 1. The maximum atomic E-state index is 13.5. The molecule has 0 aliphatic heterocycles. The number of aryl methyl sites for hydroxylation is 1. The normalized spacial score (nSPS) is 11.1. The Kier molecular flexibility index (Phi) is 6.31. The van der Waals surface area contributed by atoms with Gasteiger partial charge in [-0.25, -0.2) is 9.37 Å². The Bertz CT molecular complexity index is 1600. The van der Waals surface area contributed by atoms with Gasteiger partial charge in [0.2, 0.25) is 5.82 Å². The van der Waals surface area contributed by atoms with Gasteiger partial charge in [-0.15, -0.1) is 0 Å². The molecule has 5 aromatic rings. The number of hydrogen-bond donors (Lipinski definition) is 1. The number of hydrogen-bond acceptors (Lipinski definition) is 7. The van der Waals surface area contributed by atoms with Crippen molar-refractivity contribution in [3.05, 3.63) is 89.0 Å². The number of carboxylic acids is 1. The maximum absolute atomic E-state index is 13.5. The summed E-state index contributed by atoms with van der Waals surface area (Å²) in [5.74, 6) is -0.164. The van der Waals surface area contributed by atoms with Crippen LogP contribution in [0.1, 0.15) is 25.1 Å². The summed E-state index contributed by atoms with van der Waals surface area (Å²) in [7, 11) is 0. The first-order chi connectivity index (χ1) is 17.5. The van der Waals surface area contributed by atoms with Crippen molar-refractivity contribution in [3.63, 3.8) is 0 Å². The second-order valence-electron chi connectivity index (χ2n) is 8.14. The summed E-state index contributed by atoms with van der Waals surface area (Å²) < 4.78 is 20.3. The van der Waals surface area contributed by atoms with Crippen LogP contribution in [-0.2, 0) is 11.2 Å². The Hall–Kier alpha value is -4.73. The molecule has 0 saturated carbocycles. The van der Waals surface area contributed by atoms with Crippen molar-refractivity contribution >= 4 is 16.9 Å². The van der Waals surface area contributed by atoms with Crippen LogP contribution in [0.25, 0.3) is 39.4 Å². The molecule has 9 nitrogen and oxygen atoms in total. The third-order valence-electron chi connectivity index (χ3n) is 5.68. The van der Waals surface area contributed by atoms with Gasteiger partial charge in [-0.1, -0.05) is 11.2 Å². The number of benzene rings is 2. The summed E-state index contributed by atoms with van der Waals surface area (Å²) in [6, 6.07) is 14.2. The zero-order chi connectivity index (χ0) is 25.1. The molecule has 0 bridgehead atoms. The lowest BCUT2D eigenvalue weighted by molar-refractivity contribution is -0.137. The molecule has 5 rings (SSSR count). The number of nitrogens with zero attached hydrogens (tertiary/aromatic N) is 5. The number of aliphatic carboxylic acids is 1. The van der Waals surface area contributed by atoms with Gasteiger partial charge in [-0.2, -0.15) is 4.98 Å². The minimum atomic E-state index is -0.881. The molecular formula is C26H20FN5O4. The predicted molar refractivity (Wildman–Crippen MR) is 129 cm³/mol. The molecule has 0 spiro atoms. The number of aromatic nitrogens is 5. The van der Waals surface area contributed by atoms with E-state index >= 15 is 0 Å². The van der Waals surface area contributed by atoms with Crippen LogP contribution in [0.2, 0.25) is 0 Å². The lowest BCUT2D eigenvalue weighted by Crippen LogP contribution is -2.24. The molecule has 0 aliphatic rings. The molecule has 2 aromatic carbocycles. The second kappa shape index (κ2) is 9.87. The number of fused-ring (bicyclic) bond motifs is 1. The summed E-state index contributed by atoms with van der Waals surface area (Å²) in [5.41, 5.74) is 1.97. The first-order valence-electron chi connectivity index (χ1n) is 11.3. The predicted octanol–water partition coefficient (Wildman–Crippen LogP) is 4.43. The fourth-order valence-electron chi connectivity index (χ4n) is 3.91. The number of rotatable bonds is 8. The van der Waals surface area contributed by atoms with E-state index in [1.807, 2.05) is 0 Å². The van der Waals surface area contributed by atoms with E-state index < -0.39 is 11.8 Å². The van der Waals surface area contributed by atoms with Crippen LogP contribution in [-0.4, -0.2) is 35.8 Å². The van der Waals surface area contributed by atoms with Crippen LogP contribution in [0.15, 0.2) is 76.3 Å². The molecule has 0 saturated heterocycles. The van der Waals surface area contributed by atoms with E-state index in [9.17, 15) is 14.0 Å². The van der Waals surface area contributed by atoms with Crippen molar-refractivity contribution in [1.29, 1.82) is 0 Å². The van der Waals surface area contributed by atoms with E-state index in [0.717, 1.165) is 5.56 Å². The smallest absolute Gasteiger partial charge is 0.303 e. The van der Waals surface area contributed by atoms with E-state index in [1.165, 1.54) is 28.8 Å². The van der Waals surface area contributed by atoms with E-state index in [1.54, 1.807) is 42.7 Å². The fourth-order valence-corrected chi connectivity index (χ4v) is 3.91. The van der Waals surface area contributed by atoms with Crippen molar-refractivity contribution in [2.45, 2.75) is 25.7 Å². The van der Waals surface area contributed by atoms with Gasteiger partial charge in [0, 0.05) is 36.4 Å². The third kappa shape index (κ3) is 4.74. The lowest BCUT2D eigenvalue weighted by atomic mass is 10.1. The molecule has 3 heterocycles. The van der Waals surface area contributed by atoms with Crippen molar-refractivity contribution < 1.29 is 18.8 Å². The van der Waals surface area contributed by atoms with Crippen LogP contribution in [0, 0.1) is 5.82 Å². The third-order valence-corrected chi connectivity index (χ3v) is 5.68. The minimum Gasteiger partial charge on any atom is -0.481 e. The first kappa shape index (κ1) is 23.0. The number of unbranched alkanes of at least 4 members (excludes halogenated alkanes) is 1. The Morgan fingerprint density at radius 1 is 0.972 bits per heavy atom. The average Bonchev–Trinajstić information content (AvgIpc) is 3.38. The highest BCUT2D eigenvalue weighted by Gasteiger charge is 2.16. The monoisotopic (exact) mass is 485 g/mol. The van der Waals surface area contributed by atoms with E-state index in [0.29, 0.717) is 59.0 Å².